The second-order valence-electron chi connectivity index (χ2n) is 10.1. The van der Waals surface area contributed by atoms with Gasteiger partial charge in [-0.1, -0.05) is 6.42 Å². The molecular weight excluding hydrogens is 371 g/mol. The smallest absolute Gasteiger partial charge is 0.126 e. The molecule has 5 atom stereocenters. The highest BCUT2D eigenvalue weighted by atomic mass is 19.1. The number of ether oxygens (including phenoxy) is 3. The summed E-state index contributed by atoms with van der Waals surface area (Å²) in [5.74, 6) is 1.01. The van der Waals surface area contributed by atoms with E-state index >= 15 is 0 Å². The van der Waals surface area contributed by atoms with Crippen molar-refractivity contribution < 1.29 is 18.6 Å². The second-order valence-corrected chi connectivity index (χ2v) is 10.1. The summed E-state index contributed by atoms with van der Waals surface area (Å²) in [6, 6.07) is 0.307. The van der Waals surface area contributed by atoms with E-state index in [1.165, 1.54) is 12.8 Å². The van der Waals surface area contributed by atoms with E-state index in [4.69, 9.17) is 14.2 Å². The number of morpholine rings is 1. The normalized spacial score (nSPS) is 47.5. The molecule has 2 saturated carbocycles. The fraction of sp³-hybridized carbons (Fsp3) is 1.00. The van der Waals surface area contributed by atoms with Gasteiger partial charge in [-0.05, 0) is 69.7 Å². The van der Waals surface area contributed by atoms with Crippen molar-refractivity contribution in [2.45, 2.75) is 87.7 Å². The van der Waals surface area contributed by atoms with E-state index in [1.807, 2.05) is 0 Å². The molecule has 166 valence electrons. The maximum Gasteiger partial charge on any atom is 0.126 e. The molecule has 0 aromatic rings. The van der Waals surface area contributed by atoms with Crippen molar-refractivity contribution in [1.29, 1.82) is 0 Å². The molecule has 6 rings (SSSR count). The molecule has 4 saturated heterocycles. The van der Waals surface area contributed by atoms with Crippen LogP contribution in [0, 0.1) is 11.8 Å². The molecule has 4 heterocycles. The van der Waals surface area contributed by atoms with Crippen LogP contribution >= 0.6 is 0 Å². The maximum atomic E-state index is 14.9. The lowest BCUT2D eigenvalue weighted by molar-refractivity contribution is -0.0990. The lowest BCUT2D eigenvalue weighted by Gasteiger charge is -2.52. The summed E-state index contributed by atoms with van der Waals surface area (Å²) in [5.41, 5.74) is -0.0100. The molecule has 6 fully saturated rings. The van der Waals surface area contributed by atoms with Crippen LogP contribution in [0.2, 0.25) is 0 Å². The standard InChI is InChI=1S/C23H39FN2O3/c24-20-4-1-3-19-17-5-7-18(8-6-17)29-15-21-23(16-27-13-10-25-23)9-2-11-26(21)12-14-28-22(19)20/h17-22,25H,1-16H2/t17?,18?,19?,20?,21-,22?,23+/m1/s1. The summed E-state index contributed by atoms with van der Waals surface area (Å²) in [5, 5.41) is 3.81. The summed E-state index contributed by atoms with van der Waals surface area (Å²) in [7, 11) is 0. The number of nitrogens with one attached hydrogen (secondary N) is 1. The maximum absolute atomic E-state index is 14.9. The molecule has 0 aromatic heterocycles. The Morgan fingerprint density at radius 1 is 0.931 bits per heavy atom. The predicted octanol–water partition coefficient (Wildman–Crippen LogP) is 2.92. The van der Waals surface area contributed by atoms with Crippen LogP contribution in [0.25, 0.3) is 0 Å². The first-order chi connectivity index (χ1) is 14.3. The highest BCUT2D eigenvalue weighted by Crippen LogP contribution is 2.42. The first-order valence-electron chi connectivity index (χ1n) is 12.2. The van der Waals surface area contributed by atoms with Crippen LogP contribution < -0.4 is 5.32 Å². The zero-order valence-corrected chi connectivity index (χ0v) is 17.8. The van der Waals surface area contributed by atoms with Crippen LogP contribution in [-0.2, 0) is 14.2 Å². The molecule has 4 aliphatic heterocycles. The van der Waals surface area contributed by atoms with Crippen LogP contribution in [-0.4, -0.2) is 80.9 Å². The van der Waals surface area contributed by atoms with E-state index in [1.54, 1.807) is 0 Å². The van der Waals surface area contributed by atoms with E-state index in [0.717, 1.165) is 78.0 Å². The van der Waals surface area contributed by atoms with Crippen LogP contribution in [0.1, 0.15) is 57.8 Å². The van der Waals surface area contributed by atoms with Gasteiger partial charge in [0.2, 0.25) is 0 Å². The van der Waals surface area contributed by atoms with Gasteiger partial charge < -0.3 is 19.5 Å². The van der Waals surface area contributed by atoms with Crippen molar-refractivity contribution in [3.63, 3.8) is 0 Å². The SMILES string of the molecule is FC1CCCC2C3CCC(CC3)OC[C@H]3N(CCC[C@]34COCCN4)CCOC12. The number of hydrogen-bond donors (Lipinski definition) is 1. The average Bonchev–Trinajstić information content (AvgIpc) is 2.77. The molecular formula is C23H39FN2O3. The molecule has 3 unspecified atom stereocenters. The van der Waals surface area contributed by atoms with Crippen molar-refractivity contribution in [2.75, 3.05) is 46.1 Å². The lowest BCUT2D eigenvalue weighted by Crippen LogP contribution is -2.70. The minimum atomic E-state index is -0.787. The number of nitrogens with zero attached hydrogens (tertiary/aromatic N) is 1. The number of rotatable bonds is 0. The fourth-order valence-electron chi connectivity index (χ4n) is 6.95. The summed E-state index contributed by atoms with van der Waals surface area (Å²) in [4.78, 5) is 2.54. The van der Waals surface area contributed by atoms with E-state index in [2.05, 4.69) is 10.2 Å². The number of piperidine rings is 1. The molecule has 6 heteroatoms. The van der Waals surface area contributed by atoms with Gasteiger partial charge >= 0.3 is 0 Å². The zero-order valence-electron chi connectivity index (χ0n) is 17.8. The third kappa shape index (κ3) is 4.25. The number of hydrogen-bond acceptors (Lipinski definition) is 5. The summed E-state index contributed by atoms with van der Waals surface area (Å²) in [6.07, 6.45) is 9.10. The molecule has 1 spiro atoms. The third-order valence-electron chi connectivity index (χ3n) is 8.53. The molecule has 5 nitrogen and oxygen atoms in total. The van der Waals surface area contributed by atoms with Crippen molar-refractivity contribution in [1.82, 2.24) is 10.2 Å². The van der Waals surface area contributed by atoms with Crippen molar-refractivity contribution in [3.8, 4) is 0 Å². The number of alkyl halides is 1. The Hall–Kier alpha value is -0.270. The molecule has 0 aromatic carbocycles. The van der Waals surface area contributed by atoms with E-state index in [9.17, 15) is 4.39 Å². The lowest BCUT2D eigenvalue weighted by atomic mass is 9.71. The second kappa shape index (κ2) is 9.07. The van der Waals surface area contributed by atoms with Gasteiger partial charge in [-0.15, -0.1) is 0 Å². The van der Waals surface area contributed by atoms with Gasteiger partial charge in [0.05, 0.1) is 50.2 Å². The Labute approximate surface area is 175 Å². The molecule has 0 amide bonds. The average molecular weight is 411 g/mol. The topological polar surface area (TPSA) is 43.0 Å². The molecule has 0 radical (unpaired) electrons. The van der Waals surface area contributed by atoms with Gasteiger partial charge in [-0.2, -0.15) is 0 Å². The first-order valence-corrected chi connectivity index (χ1v) is 12.2. The zero-order chi connectivity index (χ0) is 19.7. The van der Waals surface area contributed by atoms with Gasteiger partial charge in [0, 0.05) is 13.1 Å². The Morgan fingerprint density at radius 2 is 1.83 bits per heavy atom. The third-order valence-corrected chi connectivity index (χ3v) is 8.53. The Kier molecular flexibility index (Phi) is 6.45. The van der Waals surface area contributed by atoms with E-state index in [-0.39, 0.29) is 11.6 Å². The fourth-order valence-corrected chi connectivity index (χ4v) is 6.95. The van der Waals surface area contributed by atoms with E-state index in [0.29, 0.717) is 37.0 Å². The summed E-state index contributed by atoms with van der Waals surface area (Å²) >= 11 is 0. The monoisotopic (exact) mass is 410 g/mol. The van der Waals surface area contributed by atoms with Crippen LogP contribution in [0.3, 0.4) is 0 Å². The first kappa shape index (κ1) is 20.6. The molecule has 1 N–H and O–H groups in total. The number of fused-ring (bicyclic) bond motifs is 5. The van der Waals surface area contributed by atoms with Crippen LogP contribution in [0.5, 0.6) is 0 Å². The summed E-state index contributed by atoms with van der Waals surface area (Å²) in [6.45, 7) is 5.81. The minimum Gasteiger partial charge on any atom is -0.378 e. The Morgan fingerprint density at radius 3 is 2.66 bits per heavy atom. The van der Waals surface area contributed by atoms with Gasteiger partial charge in [-0.3, -0.25) is 4.90 Å². The molecule has 2 bridgehead atoms. The molecule has 6 aliphatic rings. The quantitative estimate of drug-likeness (QED) is 0.665. The van der Waals surface area contributed by atoms with Crippen molar-refractivity contribution in [2.24, 2.45) is 11.8 Å². The molecule has 29 heavy (non-hydrogen) atoms. The minimum absolute atomic E-state index is 0.0100. The van der Waals surface area contributed by atoms with Crippen LogP contribution in [0.15, 0.2) is 0 Å². The van der Waals surface area contributed by atoms with Gasteiger partial charge in [0.1, 0.15) is 6.17 Å². The van der Waals surface area contributed by atoms with Gasteiger partial charge in [0.25, 0.3) is 0 Å². The number of halogens is 1. The Bertz CT molecular complexity index is 531. The van der Waals surface area contributed by atoms with E-state index < -0.39 is 6.17 Å². The highest BCUT2D eigenvalue weighted by molar-refractivity contribution is 5.05. The van der Waals surface area contributed by atoms with Crippen LogP contribution in [0.4, 0.5) is 4.39 Å². The van der Waals surface area contributed by atoms with Gasteiger partial charge in [-0.25, -0.2) is 4.39 Å². The van der Waals surface area contributed by atoms with Crippen molar-refractivity contribution in [3.05, 3.63) is 0 Å². The predicted molar refractivity (Wildman–Crippen MR) is 110 cm³/mol. The summed E-state index contributed by atoms with van der Waals surface area (Å²) < 4.78 is 33.7. The molecule has 2 aliphatic carbocycles. The highest BCUT2D eigenvalue weighted by Gasteiger charge is 2.47. The van der Waals surface area contributed by atoms with Gasteiger partial charge in [0.15, 0.2) is 0 Å². The largest absolute Gasteiger partial charge is 0.378 e. The van der Waals surface area contributed by atoms with Crippen molar-refractivity contribution >= 4 is 0 Å². The Balaban J connectivity index is 1.36.